The van der Waals surface area contributed by atoms with Crippen LogP contribution in [0.5, 0.6) is 0 Å². The molecule has 0 bridgehead atoms. The Hall–Kier alpha value is -3.43. The molecule has 1 heterocycles. The summed E-state index contributed by atoms with van der Waals surface area (Å²) in [7, 11) is 0. The smallest absolute Gasteiger partial charge is 0.270 e. The van der Waals surface area contributed by atoms with Crippen molar-refractivity contribution in [3.8, 4) is 0 Å². The van der Waals surface area contributed by atoms with Gasteiger partial charge in [-0.3, -0.25) is 14.9 Å². The van der Waals surface area contributed by atoms with Crippen LogP contribution in [0.4, 0.5) is 21.5 Å². The molecule has 1 N–H and O–H groups in total. The molecule has 1 saturated heterocycles. The maximum Gasteiger partial charge on any atom is 0.270 e. The van der Waals surface area contributed by atoms with Gasteiger partial charge in [0.25, 0.3) is 11.6 Å². The Bertz CT molecular complexity index is 1250. The number of rotatable bonds is 7. The number of nitrogens with zero attached hydrogens (tertiary/aromatic N) is 3. The zero-order chi connectivity index (χ0) is 24.9. The highest BCUT2D eigenvalue weighted by atomic mass is 32.2. The molecule has 0 spiro atoms. The Morgan fingerprint density at radius 1 is 1.06 bits per heavy atom. The predicted octanol–water partition coefficient (Wildman–Crippen LogP) is 5.59. The molecule has 0 unspecified atom stereocenters. The van der Waals surface area contributed by atoms with Gasteiger partial charge in [-0.25, -0.2) is 4.39 Å². The van der Waals surface area contributed by atoms with Gasteiger partial charge in [0.1, 0.15) is 5.82 Å². The van der Waals surface area contributed by atoms with Crippen LogP contribution in [0, 0.1) is 22.9 Å². The molecule has 1 aliphatic rings. The number of piperazine rings is 1. The van der Waals surface area contributed by atoms with Gasteiger partial charge in [-0.15, -0.1) is 0 Å². The molecule has 1 amide bonds. The molecule has 182 valence electrons. The van der Waals surface area contributed by atoms with Gasteiger partial charge in [-0.1, -0.05) is 30.8 Å². The number of hydrogen-bond donors (Lipinski definition) is 1. The van der Waals surface area contributed by atoms with Crippen LogP contribution in [0.1, 0.15) is 22.8 Å². The average Bonchev–Trinajstić information content (AvgIpc) is 2.86. The number of non-ortho nitro benzene ring substituents is 1. The van der Waals surface area contributed by atoms with E-state index in [0.717, 1.165) is 55.7 Å². The summed E-state index contributed by atoms with van der Waals surface area (Å²) in [6.45, 7) is 9.06. The third-order valence-electron chi connectivity index (χ3n) is 6.12. The molecule has 0 saturated carbocycles. The van der Waals surface area contributed by atoms with Gasteiger partial charge < -0.3 is 15.1 Å². The Labute approximate surface area is 208 Å². The van der Waals surface area contributed by atoms with Gasteiger partial charge in [0.15, 0.2) is 0 Å². The second-order valence-electron chi connectivity index (χ2n) is 8.34. The van der Waals surface area contributed by atoms with E-state index < -0.39 is 16.6 Å². The van der Waals surface area contributed by atoms with Crippen LogP contribution in [0.15, 0.2) is 70.5 Å². The van der Waals surface area contributed by atoms with Gasteiger partial charge in [-0.05, 0) is 55.4 Å². The monoisotopic (exact) mass is 494 g/mol. The van der Waals surface area contributed by atoms with E-state index in [1.807, 2.05) is 25.1 Å². The molecule has 0 radical (unpaired) electrons. The number of amides is 1. The van der Waals surface area contributed by atoms with E-state index in [2.05, 4.69) is 22.0 Å². The molecular formula is C26H27FN4O3S. The summed E-state index contributed by atoms with van der Waals surface area (Å²) >= 11 is 1.06. The molecular weight excluding hydrogens is 467 g/mol. The second kappa shape index (κ2) is 10.9. The van der Waals surface area contributed by atoms with Crippen LogP contribution >= 0.6 is 11.8 Å². The van der Waals surface area contributed by atoms with Gasteiger partial charge in [0, 0.05) is 59.5 Å². The lowest BCUT2D eigenvalue weighted by Gasteiger charge is -2.35. The number of nitro benzene ring substituents is 1. The fraction of sp³-hybridized carbons (Fsp3) is 0.269. The van der Waals surface area contributed by atoms with Gasteiger partial charge >= 0.3 is 0 Å². The molecule has 0 atom stereocenters. The highest BCUT2D eigenvalue weighted by Crippen LogP contribution is 2.35. The number of carbonyl (C=O) groups excluding carboxylic acids is 1. The summed E-state index contributed by atoms with van der Waals surface area (Å²) < 4.78 is 14.2. The van der Waals surface area contributed by atoms with E-state index in [0.29, 0.717) is 15.5 Å². The third kappa shape index (κ3) is 5.80. The minimum Gasteiger partial charge on any atom is -0.369 e. The lowest BCUT2D eigenvalue weighted by molar-refractivity contribution is -0.384. The lowest BCUT2D eigenvalue weighted by atomic mass is 10.1. The van der Waals surface area contributed by atoms with Crippen molar-refractivity contribution in [2.75, 3.05) is 42.9 Å². The first kappa shape index (κ1) is 24.7. The first-order valence-corrected chi connectivity index (χ1v) is 12.3. The van der Waals surface area contributed by atoms with Crippen molar-refractivity contribution in [1.82, 2.24) is 4.90 Å². The number of halogens is 1. The van der Waals surface area contributed by atoms with Gasteiger partial charge in [0.05, 0.1) is 10.5 Å². The molecule has 35 heavy (non-hydrogen) atoms. The number of nitro groups is 1. The summed E-state index contributed by atoms with van der Waals surface area (Å²) in [5, 5.41) is 14.2. The van der Waals surface area contributed by atoms with Gasteiger partial charge in [0.2, 0.25) is 0 Å². The maximum atomic E-state index is 14.2. The molecule has 7 nitrogen and oxygen atoms in total. The maximum absolute atomic E-state index is 14.2. The van der Waals surface area contributed by atoms with Crippen molar-refractivity contribution in [3.05, 3.63) is 87.7 Å². The van der Waals surface area contributed by atoms with E-state index >= 15 is 0 Å². The Morgan fingerprint density at radius 2 is 1.80 bits per heavy atom. The quantitative estimate of drug-likeness (QED) is 0.341. The number of likely N-dealkylation sites (N-methyl/N-ethyl adjacent to an activating group) is 1. The molecule has 3 aromatic rings. The second-order valence-corrected chi connectivity index (χ2v) is 9.43. The van der Waals surface area contributed by atoms with Crippen LogP contribution in [-0.4, -0.2) is 48.5 Å². The number of hydrogen-bond acceptors (Lipinski definition) is 6. The first-order chi connectivity index (χ1) is 16.9. The summed E-state index contributed by atoms with van der Waals surface area (Å²) in [6, 6.07) is 16.1. The van der Waals surface area contributed by atoms with Crippen molar-refractivity contribution < 1.29 is 14.1 Å². The number of aryl methyl sites for hydroxylation is 1. The van der Waals surface area contributed by atoms with Crippen molar-refractivity contribution in [1.29, 1.82) is 0 Å². The Kier molecular flexibility index (Phi) is 7.67. The normalized spacial score (nSPS) is 14.1. The molecule has 3 aromatic carbocycles. The number of anilines is 2. The van der Waals surface area contributed by atoms with Crippen LogP contribution in [0.3, 0.4) is 0 Å². The van der Waals surface area contributed by atoms with Crippen molar-refractivity contribution >= 4 is 34.7 Å². The van der Waals surface area contributed by atoms with Crippen LogP contribution < -0.4 is 10.2 Å². The summed E-state index contributed by atoms with van der Waals surface area (Å²) in [4.78, 5) is 29.5. The molecule has 4 rings (SSSR count). The fourth-order valence-corrected chi connectivity index (χ4v) is 4.99. The Balaban J connectivity index is 1.56. The van der Waals surface area contributed by atoms with E-state index in [1.54, 1.807) is 18.2 Å². The SMILES string of the molecule is CCN1CCN(c2ccc(NC(=O)c3cc([N+](=O)[O-])ccc3Sc3ccccc3F)c(C)c2)CC1. The topological polar surface area (TPSA) is 78.7 Å². The minimum absolute atomic E-state index is 0.117. The molecule has 9 heteroatoms. The van der Waals surface area contributed by atoms with Crippen molar-refractivity contribution in [2.24, 2.45) is 0 Å². The van der Waals surface area contributed by atoms with E-state index in [4.69, 9.17) is 0 Å². The summed E-state index contributed by atoms with van der Waals surface area (Å²) in [5.74, 6) is -0.909. The zero-order valence-electron chi connectivity index (χ0n) is 19.7. The van der Waals surface area contributed by atoms with Gasteiger partial charge in [-0.2, -0.15) is 0 Å². The van der Waals surface area contributed by atoms with Crippen LogP contribution in [0.2, 0.25) is 0 Å². The number of carbonyl (C=O) groups is 1. The number of nitrogens with one attached hydrogen (secondary N) is 1. The Morgan fingerprint density at radius 3 is 2.46 bits per heavy atom. The van der Waals surface area contributed by atoms with Crippen molar-refractivity contribution in [3.63, 3.8) is 0 Å². The van der Waals surface area contributed by atoms with E-state index in [9.17, 15) is 19.3 Å². The average molecular weight is 495 g/mol. The lowest BCUT2D eigenvalue weighted by Crippen LogP contribution is -2.46. The van der Waals surface area contributed by atoms with E-state index in [-0.39, 0.29) is 11.3 Å². The minimum atomic E-state index is -0.549. The standard InChI is InChI=1S/C26H27FN4O3S/c1-3-29-12-14-30(15-13-29)19-8-10-23(18(2)16-19)28-26(32)21-17-20(31(33)34)9-11-24(21)35-25-7-5-4-6-22(25)27/h4-11,16-17H,3,12-15H2,1-2H3,(H,28,32). The predicted molar refractivity (Wildman–Crippen MR) is 137 cm³/mol. The molecule has 1 aliphatic heterocycles. The zero-order valence-corrected chi connectivity index (χ0v) is 20.5. The third-order valence-corrected chi connectivity index (χ3v) is 7.24. The highest BCUT2D eigenvalue weighted by molar-refractivity contribution is 7.99. The molecule has 0 aliphatic carbocycles. The number of benzene rings is 3. The van der Waals surface area contributed by atoms with Crippen LogP contribution in [-0.2, 0) is 0 Å². The highest BCUT2D eigenvalue weighted by Gasteiger charge is 2.20. The van der Waals surface area contributed by atoms with E-state index in [1.165, 1.54) is 24.3 Å². The summed E-state index contributed by atoms with van der Waals surface area (Å²) in [6.07, 6.45) is 0. The molecule has 1 fully saturated rings. The molecule has 0 aromatic heterocycles. The van der Waals surface area contributed by atoms with Crippen molar-refractivity contribution in [2.45, 2.75) is 23.6 Å². The fourth-order valence-electron chi connectivity index (χ4n) is 4.04. The first-order valence-electron chi connectivity index (χ1n) is 11.5. The van der Waals surface area contributed by atoms with Crippen LogP contribution in [0.25, 0.3) is 0 Å². The summed E-state index contributed by atoms with van der Waals surface area (Å²) in [5.41, 5.74) is 2.53. The largest absolute Gasteiger partial charge is 0.369 e.